The lowest BCUT2D eigenvalue weighted by Gasteiger charge is -2.19. The Morgan fingerprint density at radius 3 is 2.80 bits per heavy atom. The van der Waals surface area contributed by atoms with Crippen molar-refractivity contribution in [3.63, 3.8) is 0 Å². The molecule has 1 aromatic heterocycles. The van der Waals surface area contributed by atoms with Crippen molar-refractivity contribution in [2.24, 2.45) is 0 Å². The third-order valence-corrected chi connectivity index (χ3v) is 5.46. The Hall–Kier alpha value is -1.42. The Morgan fingerprint density at radius 1 is 1.20 bits per heavy atom. The van der Waals surface area contributed by atoms with Crippen LogP contribution in [0.5, 0.6) is 0 Å². The van der Waals surface area contributed by atoms with E-state index in [1.165, 1.54) is 29.0 Å². The van der Waals surface area contributed by atoms with Crippen LogP contribution in [0.4, 0.5) is 5.13 Å². The largest absolute Gasteiger partial charge is 0.353 e. The number of hydrogen-bond acceptors (Lipinski definition) is 4. The smallest absolute Gasteiger partial charge is 0.206 e. The van der Waals surface area contributed by atoms with Gasteiger partial charge in [-0.15, -0.1) is 10.2 Å². The third-order valence-electron chi connectivity index (χ3n) is 4.44. The number of hydrogen-bond donors (Lipinski definition) is 1. The van der Waals surface area contributed by atoms with Crippen LogP contribution in [0.15, 0.2) is 24.3 Å². The lowest BCUT2D eigenvalue weighted by molar-refractivity contribution is 0.493. The number of nitrogens with one attached hydrogen (secondary N) is 1. The summed E-state index contributed by atoms with van der Waals surface area (Å²) in [4.78, 5) is 0. The van der Waals surface area contributed by atoms with Gasteiger partial charge in [-0.1, -0.05) is 49.4 Å². The first-order valence-electron chi connectivity index (χ1n) is 7.33. The van der Waals surface area contributed by atoms with Crippen molar-refractivity contribution in [2.45, 2.75) is 50.5 Å². The number of nitrogens with zero attached hydrogens (tertiary/aromatic N) is 2. The maximum absolute atomic E-state index is 4.32. The van der Waals surface area contributed by atoms with Gasteiger partial charge in [0, 0.05) is 5.92 Å². The molecule has 4 rings (SSSR count). The number of benzene rings is 1. The Kier molecular flexibility index (Phi) is 2.64. The molecule has 3 nitrogen and oxygen atoms in total. The van der Waals surface area contributed by atoms with Crippen molar-refractivity contribution < 1.29 is 0 Å². The highest BCUT2D eigenvalue weighted by Crippen LogP contribution is 2.47. The van der Waals surface area contributed by atoms with Crippen molar-refractivity contribution >= 4 is 16.5 Å². The van der Waals surface area contributed by atoms with E-state index in [4.69, 9.17) is 0 Å². The molecule has 104 valence electrons. The monoisotopic (exact) mass is 285 g/mol. The topological polar surface area (TPSA) is 37.8 Å². The lowest BCUT2D eigenvalue weighted by atomic mass is 9.86. The quantitative estimate of drug-likeness (QED) is 0.916. The Bertz CT molecular complexity index is 643. The van der Waals surface area contributed by atoms with Gasteiger partial charge in [-0.05, 0) is 35.8 Å². The van der Waals surface area contributed by atoms with Crippen molar-refractivity contribution in [1.29, 1.82) is 0 Å². The standard InChI is InChI=1S/C16H19N3S/c1-16(2)9-13(11-5-3-4-6-12(11)16)17-15-19-18-14(20-15)10-7-8-10/h3-6,10,13H,7-9H2,1-2H3,(H,17,19). The van der Waals surface area contributed by atoms with E-state index < -0.39 is 0 Å². The summed E-state index contributed by atoms with van der Waals surface area (Å²) < 4.78 is 0. The van der Waals surface area contributed by atoms with Gasteiger partial charge in [0.1, 0.15) is 5.01 Å². The van der Waals surface area contributed by atoms with Crippen LogP contribution < -0.4 is 5.32 Å². The summed E-state index contributed by atoms with van der Waals surface area (Å²) in [5.74, 6) is 0.690. The molecule has 1 saturated carbocycles. The molecule has 1 N–H and O–H groups in total. The summed E-state index contributed by atoms with van der Waals surface area (Å²) in [5, 5.41) is 14.4. The Morgan fingerprint density at radius 2 is 2.00 bits per heavy atom. The van der Waals surface area contributed by atoms with Gasteiger partial charge in [0.2, 0.25) is 5.13 Å². The minimum Gasteiger partial charge on any atom is -0.353 e. The minimum atomic E-state index is 0.234. The zero-order valence-corrected chi connectivity index (χ0v) is 12.7. The van der Waals surface area contributed by atoms with Gasteiger partial charge in [0.25, 0.3) is 0 Å². The van der Waals surface area contributed by atoms with Gasteiger partial charge in [-0.2, -0.15) is 0 Å². The second-order valence-electron chi connectivity index (χ2n) is 6.59. The summed E-state index contributed by atoms with van der Waals surface area (Å²) in [6.07, 6.45) is 3.69. The van der Waals surface area contributed by atoms with Crippen LogP contribution in [-0.4, -0.2) is 10.2 Å². The van der Waals surface area contributed by atoms with E-state index in [1.807, 2.05) is 0 Å². The van der Waals surface area contributed by atoms with Crippen LogP contribution in [0.1, 0.15) is 61.2 Å². The molecular formula is C16H19N3S. The normalized spacial score (nSPS) is 23.6. The summed E-state index contributed by atoms with van der Waals surface area (Å²) in [6.45, 7) is 4.65. The van der Waals surface area contributed by atoms with E-state index in [0.29, 0.717) is 12.0 Å². The molecule has 1 atom stereocenters. The summed E-state index contributed by atoms with van der Waals surface area (Å²) in [6, 6.07) is 9.13. The summed E-state index contributed by atoms with van der Waals surface area (Å²) in [7, 11) is 0. The van der Waals surface area contributed by atoms with Gasteiger partial charge >= 0.3 is 0 Å². The van der Waals surface area contributed by atoms with Crippen molar-refractivity contribution in [3.05, 3.63) is 40.4 Å². The second kappa shape index (κ2) is 4.29. The average molecular weight is 285 g/mol. The number of aromatic nitrogens is 2. The van der Waals surface area contributed by atoms with Crippen LogP contribution >= 0.6 is 11.3 Å². The molecule has 0 radical (unpaired) electrons. The molecule has 2 aromatic rings. The molecule has 2 aliphatic rings. The van der Waals surface area contributed by atoms with Gasteiger partial charge in [0.15, 0.2) is 0 Å². The fraction of sp³-hybridized carbons (Fsp3) is 0.500. The molecule has 1 aromatic carbocycles. The molecule has 1 heterocycles. The molecule has 4 heteroatoms. The second-order valence-corrected chi connectivity index (χ2v) is 7.60. The molecule has 0 aliphatic heterocycles. The van der Waals surface area contributed by atoms with Gasteiger partial charge in [-0.3, -0.25) is 0 Å². The predicted molar refractivity (Wildman–Crippen MR) is 82.3 cm³/mol. The molecule has 0 saturated heterocycles. The maximum atomic E-state index is 4.32. The van der Waals surface area contributed by atoms with Crippen LogP contribution in [0, 0.1) is 0 Å². The molecule has 1 fully saturated rings. The first-order chi connectivity index (χ1) is 9.63. The van der Waals surface area contributed by atoms with Crippen LogP contribution in [0.25, 0.3) is 0 Å². The van der Waals surface area contributed by atoms with Gasteiger partial charge in [-0.25, -0.2) is 0 Å². The lowest BCUT2D eigenvalue weighted by Crippen LogP contribution is -2.14. The highest BCUT2D eigenvalue weighted by Gasteiger charge is 2.37. The number of fused-ring (bicyclic) bond motifs is 1. The average Bonchev–Trinajstić information content (AvgIpc) is 3.12. The van der Waals surface area contributed by atoms with Crippen molar-refractivity contribution in [1.82, 2.24) is 10.2 Å². The summed E-state index contributed by atoms with van der Waals surface area (Å²) >= 11 is 1.73. The Labute approximate surface area is 123 Å². The van der Waals surface area contributed by atoms with Gasteiger partial charge in [0.05, 0.1) is 6.04 Å². The van der Waals surface area contributed by atoms with E-state index in [-0.39, 0.29) is 5.41 Å². The molecule has 2 aliphatic carbocycles. The number of anilines is 1. The first kappa shape index (κ1) is 12.3. The summed E-state index contributed by atoms with van der Waals surface area (Å²) in [5.41, 5.74) is 3.11. The highest BCUT2D eigenvalue weighted by molar-refractivity contribution is 7.15. The van der Waals surface area contributed by atoms with E-state index in [0.717, 1.165) is 11.6 Å². The maximum Gasteiger partial charge on any atom is 0.206 e. The Balaban J connectivity index is 1.60. The van der Waals surface area contributed by atoms with Crippen molar-refractivity contribution in [3.8, 4) is 0 Å². The fourth-order valence-electron chi connectivity index (χ4n) is 3.21. The van der Waals surface area contributed by atoms with E-state index in [9.17, 15) is 0 Å². The predicted octanol–water partition coefficient (Wildman–Crippen LogP) is 4.25. The van der Waals surface area contributed by atoms with Crippen LogP contribution in [0.2, 0.25) is 0 Å². The van der Waals surface area contributed by atoms with Gasteiger partial charge < -0.3 is 5.32 Å². The molecule has 0 spiro atoms. The zero-order chi connectivity index (χ0) is 13.7. The van der Waals surface area contributed by atoms with Crippen LogP contribution in [-0.2, 0) is 5.41 Å². The third kappa shape index (κ3) is 2.03. The first-order valence-corrected chi connectivity index (χ1v) is 8.14. The number of rotatable bonds is 3. The van der Waals surface area contributed by atoms with E-state index in [1.54, 1.807) is 11.3 Å². The SMILES string of the molecule is CC1(C)CC(Nc2nnc(C3CC3)s2)c2ccccc21. The molecule has 0 amide bonds. The van der Waals surface area contributed by atoms with Crippen LogP contribution in [0.3, 0.4) is 0 Å². The minimum absolute atomic E-state index is 0.234. The van der Waals surface area contributed by atoms with E-state index >= 15 is 0 Å². The fourth-order valence-corrected chi connectivity index (χ4v) is 4.18. The van der Waals surface area contributed by atoms with Crippen molar-refractivity contribution in [2.75, 3.05) is 5.32 Å². The highest BCUT2D eigenvalue weighted by atomic mass is 32.1. The van der Waals surface area contributed by atoms with E-state index in [2.05, 4.69) is 53.6 Å². The molecule has 0 bridgehead atoms. The zero-order valence-electron chi connectivity index (χ0n) is 11.9. The molecule has 1 unspecified atom stereocenters. The molecule has 20 heavy (non-hydrogen) atoms. The molecular weight excluding hydrogens is 266 g/mol.